The molecule has 100 valence electrons. The molecule has 0 fully saturated rings. The first-order valence-electron chi connectivity index (χ1n) is 5.18. The Labute approximate surface area is 136 Å². The summed E-state index contributed by atoms with van der Waals surface area (Å²) < 4.78 is 19.9. The maximum Gasteiger partial charge on any atom is 0.139 e. The normalized spacial score (nSPS) is 10.6. The molecule has 0 aliphatic rings. The van der Waals surface area contributed by atoms with Crippen LogP contribution in [0.15, 0.2) is 39.3 Å². The van der Waals surface area contributed by atoms with E-state index in [4.69, 9.17) is 27.9 Å². The molecule has 2 aromatic rings. The van der Waals surface area contributed by atoms with Crippen LogP contribution in [0.5, 0.6) is 5.75 Å². The van der Waals surface area contributed by atoms with E-state index in [0.717, 1.165) is 5.56 Å². The summed E-state index contributed by atoms with van der Waals surface area (Å²) in [6.45, 7) is 0.262. The fourth-order valence-corrected chi connectivity index (χ4v) is 2.72. The van der Waals surface area contributed by atoms with Crippen molar-refractivity contribution in [3.8, 4) is 5.75 Å². The summed E-state index contributed by atoms with van der Waals surface area (Å²) in [6.07, 6.45) is 0. The lowest BCUT2D eigenvalue weighted by Crippen LogP contribution is -1.97. The van der Waals surface area contributed by atoms with Crippen LogP contribution in [0.4, 0.5) is 4.39 Å². The Morgan fingerprint density at radius 2 is 1.74 bits per heavy atom. The summed E-state index contributed by atoms with van der Waals surface area (Å²) in [5.74, 6) is 0.173. The number of benzene rings is 2. The Bertz CT molecular complexity index is 620. The molecule has 0 unspecified atom stereocenters. The van der Waals surface area contributed by atoms with Crippen molar-refractivity contribution in [2.24, 2.45) is 0 Å². The van der Waals surface area contributed by atoms with E-state index in [9.17, 15) is 4.39 Å². The summed E-state index contributed by atoms with van der Waals surface area (Å²) in [4.78, 5) is 0. The van der Waals surface area contributed by atoms with Crippen LogP contribution < -0.4 is 4.74 Å². The standard InChI is InChI=1S/C13H7Br2Cl2FO/c14-9-3-8(18)2-1-7(9)6-19-13-5-11(16)10(15)4-12(13)17/h1-5H,6H2. The molecule has 0 radical (unpaired) electrons. The van der Waals surface area contributed by atoms with Crippen LogP contribution in [0.25, 0.3) is 0 Å². The van der Waals surface area contributed by atoms with Gasteiger partial charge < -0.3 is 4.74 Å². The van der Waals surface area contributed by atoms with Crippen LogP contribution >= 0.6 is 55.1 Å². The van der Waals surface area contributed by atoms with Crippen molar-refractivity contribution in [2.45, 2.75) is 6.61 Å². The fraction of sp³-hybridized carbons (Fsp3) is 0.0769. The molecule has 0 aliphatic heterocycles. The molecule has 2 rings (SSSR count). The molecule has 0 spiro atoms. The summed E-state index contributed by atoms with van der Waals surface area (Å²) in [6, 6.07) is 7.70. The largest absolute Gasteiger partial charge is 0.487 e. The average molecular weight is 429 g/mol. The van der Waals surface area contributed by atoms with Crippen LogP contribution in [0.2, 0.25) is 10.0 Å². The second kappa shape index (κ2) is 6.44. The minimum absolute atomic E-state index is 0.262. The quantitative estimate of drug-likeness (QED) is 0.526. The molecule has 2 aromatic carbocycles. The van der Waals surface area contributed by atoms with Crippen molar-refractivity contribution in [2.75, 3.05) is 0 Å². The number of ether oxygens (including phenoxy) is 1. The van der Waals surface area contributed by atoms with E-state index in [-0.39, 0.29) is 12.4 Å². The fourth-order valence-electron chi connectivity index (χ4n) is 1.41. The Morgan fingerprint density at radius 3 is 2.42 bits per heavy atom. The summed E-state index contributed by atoms with van der Waals surface area (Å²) >= 11 is 18.6. The van der Waals surface area contributed by atoms with Gasteiger partial charge in [-0.05, 0) is 34.1 Å². The molecule has 6 heteroatoms. The van der Waals surface area contributed by atoms with Gasteiger partial charge in [-0.25, -0.2) is 4.39 Å². The van der Waals surface area contributed by atoms with Gasteiger partial charge in [0.25, 0.3) is 0 Å². The molecular weight excluding hydrogens is 422 g/mol. The van der Waals surface area contributed by atoms with E-state index >= 15 is 0 Å². The number of hydrogen-bond acceptors (Lipinski definition) is 1. The molecule has 0 atom stereocenters. The molecule has 0 saturated heterocycles. The Balaban J connectivity index is 2.16. The molecule has 0 amide bonds. The SMILES string of the molecule is Fc1ccc(COc2cc(Cl)c(Br)cc2Cl)c(Br)c1. The highest BCUT2D eigenvalue weighted by Crippen LogP contribution is 2.34. The van der Waals surface area contributed by atoms with E-state index in [1.54, 1.807) is 18.2 Å². The predicted octanol–water partition coefficient (Wildman–Crippen LogP) is 6.24. The van der Waals surface area contributed by atoms with Gasteiger partial charge >= 0.3 is 0 Å². The van der Waals surface area contributed by atoms with Crippen molar-refractivity contribution >= 4 is 55.1 Å². The smallest absolute Gasteiger partial charge is 0.139 e. The zero-order valence-electron chi connectivity index (χ0n) is 9.39. The molecule has 0 N–H and O–H groups in total. The van der Waals surface area contributed by atoms with Gasteiger partial charge in [0.05, 0.1) is 10.0 Å². The molecule has 0 aliphatic carbocycles. The van der Waals surface area contributed by atoms with Gasteiger partial charge in [0.2, 0.25) is 0 Å². The lowest BCUT2D eigenvalue weighted by molar-refractivity contribution is 0.305. The molecule has 1 nitrogen and oxygen atoms in total. The van der Waals surface area contributed by atoms with E-state index in [0.29, 0.717) is 24.7 Å². The second-order valence-electron chi connectivity index (χ2n) is 3.72. The van der Waals surface area contributed by atoms with E-state index in [2.05, 4.69) is 31.9 Å². The van der Waals surface area contributed by atoms with Gasteiger partial charge in [-0.1, -0.05) is 45.2 Å². The monoisotopic (exact) mass is 426 g/mol. The zero-order valence-corrected chi connectivity index (χ0v) is 14.1. The van der Waals surface area contributed by atoms with Gasteiger partial charge in [-0.15, -0.1) is 0 Å². The Hall–Kier alpha value is -0.290. The third-order valence-electron chi connectivity index (χ3n) is 2.37. The Morgan fingerprint density at radius 1 is 1.00 bits per heavy atom. The van der Waals surface area contributed by atoms with Gasteiger partial charge in [0.1, 0.15) is 18.2 Å². The second-order valence-corrected chi connectivity index (χ2v) is 6.24. The summed E-state index contributed by atoms with van der Waals surface area (Å²) in [7, 11) is 0. The summed E-state index contributed by atoms with van der Waals surface area (Å²) in [5.41, 5.74) is 0.816. The third kappa shape index (κ3) is 3.85. The molecule has 0 saturated carbocycles. The van der Waals surface area contributed by atoms with Crippen molar-refractivity contribution in [1.82, 2.24) is 0 Å². The molecule has 0 heterocycles. The first-order valence-corrected chi connectivity index (χ1v) is 7.53. The average Bonchev–Trinajstić information content (AvgIpc) is 2.34. The number of rotatable bonds is 3. The predicted molar refractivity (Wildman–Crippen MR) is 82.6 cm³/mol. The van der Waals surface area contributed by atoms with Crippen molar-refractivity contribution < 1.29 is 9.13 Å². The van der Waals surface area contributed by atoms with E-state index in [1.807, 2.05) is 0 Å². The van der Waals surface area contributed by atoms with E-state index < -0.39 is 0 Å². The van der Waals surface area contributed by atoms with Crippen LogP contribution in [0.3, 0.4) is 0 Å². The van der Waals surface area contributed by atoms with Crippen LogP contribution in [0.1, 0.15) is 5.56 Å². The lowest BCUT2D eigenvalue weighted by atomic mass is 10.2. The number of halogens is 5. The van der Waals surface area contributed by atoms with Crippen molar-refractivity contribution in [3.63, 3.8) is 0 Å². The molecular formula is C13H7Br2Cl2FO. The zero-order chi connectivity index (χ0) is 14.0. The van der Waals surface area contributed by atoms with Crippen molar-refractivity contribution in [3.05, 3.63) is 60.7 Å². The highest BCUT2D eigenvalue weighted by Gasteiger charge is 2.08. The van der Waals surface area contributed by atoms with E-state index in [1.165, 1.54) is 12.1 Å². The first kappa shape index (κ1) is 15.1. The lowest BCUT2D eigenvalue weighted by Gasteiger charge is -2.10. The molecule has 0 aromatic heterocycles. The third-order valence-corrected chi connectivity index (χ3v) is 4.60. The van der Waals surface area contributed by atoms with Crippen molar-refractivity contribution in [1.29, 1.82) is 0 Å². The molecule has 19 heavy (non-hydrogen) atoms. The van der Waals surface area contributed by atoms with Crippen LogP contribution in [-0.4, -0.2) is 0 Å². The highest BCUT2D eigenvalue weighted by molar-refractivity contribution is 9.10. The van der Waals surface area contributed by atoms with Gasteiger partial charge in [-0.2, -0.15) is 0 Å². The number of hydrogen-bond donors (Lipinski definition) is 0. The molecule has 0 bridgehead atoms. The first-order chi connectivity index (χ1) is 8.97. The minimum Gasteiger partial charge on any atom is -0.487 e. The van der Waals surface area contributed by atoms with Gasteiger partial charge in [0.15, 0.2) is 0 Å². The maximum atomic E-state index is 13.0. The van der Waals surface area contributed by atoms with Gasteiger partial charge in [0, 0.05) is 20.6 Å². The highest BCUT2D eigenvalue weighted by atomic mass is 79.9. The Kier molecular flexibility index (Phi) is 5.12. The minimum atomic E-state index is -0.305. The maximum absolute atomic E-state index is 13.0. The van der Waals surface area contributed by atoms with Crippen LogP contribution in [0, 0.1) is 5.82 Å². The van der Waals surface area contributed by atoms with Crippen LogP contribution in [-0.2, 0) is 6.61 Å². The van der Waals surface area contributed by atoms with Gasteiger partial charge in [-0.3, -0.25) is 0 Å². The summed E-state index contributed by atoms with van der Waals surface area (Å²) in [5, 5.41) is 0.965. The topological polar surface area (TPSA) is 9.23 Å².